The first-order valence-corrected chi connectivity index (χ1v) is 8.77. The van der Waals surface area contributed by atoms with Gasteiger partial charge in [-0.2, -0.15) is 17.9 Å². The minimum Gasteiger partial charge on any atom is -0.326 e. The van der Waals surface area contributed by atoms with Gasteiger partial charge in [-0.1, -0.05) is 30.0 Å². The molecule has 2 aromatic carbocycles. The van der Waals surface area contributed by atoms with E-state index in [-0.39, 0.29) is 5.91 Å². The zero-order valence-electron chi connectivity index (χ0n) is 14.1. The Morgan fingerprint density at radius 1 is 1.19 bits per heavy atom. The molecule has 1 heterocycles. The number of hydrogen-bond donors (Lipinski definition) is 1. The second-order valence-corrected chi connectivity index (χ2v) is 6.53. The largest absolute Gasteiger partial charge is 0.416 e. The zero-order valence-corrected chi connectivity index (χ0v) is 14.9. The van der Waals surface area contributed by atoms with Crippen molar-refractivity contribution in [1.29, 1.82) is 0 Å². The van der Waals surface area contributed by atoms with Crippen LogP contribution in [0, 0.1) is 0 Å². The van der Waals surface area contributed by atoms with E-state index < -0.39 is 11.7 Å². The summed E-state index contributed by atoms with van der Waals surface area (Å²) in [5, 5.41) is 14.7. The van der Waals surface area contributed by atoms with E-state index in [2.05, 4.69) is 20.8 Å². The number of rotatable bonds is 5. The highest BCUT2D eigenvalue weighted by Crippen LogP contribution is 2.30. The number of nitrogens with one attached hydrogen (secondary N) is 1. The molecule has 0 saturated carbocycles. The fourth-order valence-corrected chi connectivity index (χ4v) is 3.13. The van der Waals surface area contributed by atoms with Crippen molar-refractivity contribution in [2.24, 2.45) is 0 Å². The average Bonchev–Trinajstić information content (AvgIpc) is 3.08. The van der Waals surface area contributed by atoms with Crippen LogP contribution in [0.3, 0.4) is 0 Å². The molecule has 3 aromatic rings. The number of benzene rings is 2. The van der Waals surface area contributed by atoms with E-state index >= 15 is 0 Å². The minimum absolute atomic E-state index is 0.194. The van der Waals surface area contributed by atoms with Gasteiger partial charge in [0.2, 0.25) is 11.1 Å². The van der Waals surface area contributed by atoms with E-state index in [0.29, 0.717) is 22.3 Å². The predicted molar refractivity (Wildman–Crippen MR) is 94.5 cm³/mol. The van der Waals surface area contributed by atoms with Crippen LogP contribution in [0.4, 0.5) is 18.9 Å². The van der Waals surface area contributed by atoms with Crippen molar-refractivity contribution in [3.05, 3.63) is 59.7 Å². The molecule has 10 heteroatoms. The Morgan fingerprint density at radius 2 is 1.93 bits per heavy atom. The molecule has 0 aliphatic carbocycles. The first kappa shape index (κ1) is 18.9. The summed E-state index contributed by atoms with van der Waals surface area (Å²) in [7, 11) is 0. The number of amides is 1. The maximum absolute atomic E-state index is 12.6. The molecule has 3 rings (SSSR count). The number of anilines is 1. The van der Waals surface area contributed by atoms with Gasteiger partial charge in [0.15, 0.2) is 0 Å². The molecule has 1 amide bonds. The summed E-state index contributed by atoms with van der Waals surface area (Å²) < 4.78 is 39.4. The van der Waals surface area contributed by atoms with Crippen LogP contribution in [-0.4, -0.2) is 26.1 Å². The van der Waals surface area contributed by atoms with E-state index in [0.717, 1.165) is 17.7 Å². The number of thioether (sulfide) groups is 1. The lowest BCUT2D eigenvalue weighted by molar-refractivity contribution is -0.137. The Bertz CT molecular complexity index is 940. The van der Waals surface area contributed by atoms with Gasteiger partial charge in [0.1, 0.15) is 0 Å². The highest BCUT2D eigenvalue weighted by Gasteiger charge is 2.29. The Labute approximate surface area is 156 Å². The van der Waals surface area contributed by atoms with Gasteiger partial charge in [0, 0.05) is 18.4 Å². The minimum atomic E-state index is -4.35. The number of alkyl halides is 3. The number of nitrogens with zero attached hydrogens (tertiary/aromatic N) is 4. The molecule has 0 spiro atoms. The molecular weight excluding hydrogens is 379 g/mol. The maximum atomic E-state index is 12.6. The maximum Gasteiger partial charge on any atom is 0.416 e. The highest BCUT2D eigenvalue weighted by molar-refractivity contribution is 7.98. The summed E-state index contributed by atoms with van der Waals surface area (Å²) in [6.07, 6.45) is -4.35. The third-order valence-electron chi connectivity index (χ3n) is 3.50. The SMILES string of the molecule is CC(=O)Nc1cccc(-n2nnnc2SCc2ccc(C(F)(F)F)cc2)c1. The first-order valence-electron chi connectivity index (χ1n) is 7.78. The summed E-state index contributed by atoms with van der Waals surface area (Å²) >= 11 is 1.29. The van der Waals surface area contributed by atoms with Gasteiger partial charge in [0.25, 0.3) is 0 Å². The zero-order chi connectivity index (χ0) is 19.4. The van der Waals surface area contributed by atoms with Crippen LogP contribution in [0.15, 0.2) is 53.7 Å². The predicted octanol–water partition coefficient (Wildman–Crippen LogP) is 3.93. The van der Waals surface area contributed by atoms with Crippen molar-refractivity contribution in [1.82, 2.24) is 20.2 Å². The Morgan fingerprint density at radius 3 is 2.59 bits per heavy atom. The standard InChI is InChI=1S/C17H14F3N5OS/c1-11(26)21-14-3-2-4-15(9-14)25-16(22-23-24-25)27-10-12-5-7-13(8-6-12)17(18,19)20/h2-9H,10H2,1H3,(H,21,26). The molecule has 0 aliphatic heterocycles. The molecule has 27 heavy (non-hydrogen) atoms. The van der Waals surface area contributed by atoms with E-state index in [1.54, 1.807) is 24.3 Å². The molecule has 0 radical (unpaired) electrons. The first-order chi connectivity index (χ1) is 12.8. The molecule has 0 atom stereocenters. The summed E-state index contributed by atoms with van der Waals surface area (Å²) in [5.74, 6) is 0.213. The topological polar surface area (TPSA) is 72.7 Å². The van der Waals surface area contributed by atoms with Crippen LogP contribution in [0.25, 0.3) is 5.69 Å². The highest BCUT2D eigenvalue weighted by atomic mass is 32.2. The smallest absolute Gasteiger partial charge is 0.326 e. The number of hydrogen-bond acceptors (Lipinski definition) is 5. The lowest BCUT2D eigenvalue weighted by Crippen LogP contribution is -2.07. The molecular formula is C17H14F3N5OS. The second-order valence-electron chi connectivity index (χ2n) is 5.59. The van der Waals surface area contributed by atoms with E-state index in [1.165, 1.54) is 35.5 Å². The number of carbonyl (C=O) groups is 1. The van der Waals surface area contributed by atoms with E-state index in [4.69, 9.17) is 0 Å². The normalized spacial score (nSPS) is 11.4. The van der Waals surface area contributed by atoms with Crippen LogP contribution in [-0.2, 0) is 16.7 Å². The lowest BCUT2D eigenvalue weighted by atomic mass is 10.1. The number of carbonyl (C=O) groups excluding carboxylic acids is 1. The molecule has 0 aliphatic rings. The van der Waals surface area contributed by atoms with Gasteiger partial charge in [-0.05, 0) is 46.3 Å². The van der Waals surface area contributed by atoms with Crippen LogP contribution < -0.4 is 5.32 Å². The van der Waals surface area contributed by atoms with Crippen molar-refractivity contribution in [2.45, 2.75) is 24.0 Å². The molecule has 0 fully saturated rings. The van der Waals surface area contributed by atoms with E-state index in [1.807, 2.05) is 0 Å². The van der Waals surface area contributed by atoms with Crippen molar-refractivity contribution in [3.63, 3.8) is 0 Å². The molecule has 0 saturated heterocycles. The van der Waals surface area contributed by atoms with Gasteiger partial charge < -0.3 is 5.32 Å². The van der Waals surface area contributed by atoms with Gasteiger partial charge in [-0.3, -0.25) is 4.79 Å². The second kappa shape index (κ2) is 7.78. The number of halogens is 3. The Balaban J connectivity index is 1.73. The molecule has 0 unspecified atom stereocenters. The Hall–Kier alpha value is -2.88. The third-order valence-corrected chi connectivity index (χ3v) is 4.49. The van der Waals surface area contributed by atoms with Crippen molar-refractivity contribution < 1.29 is 18.0 Å². The molecule has 0 bridgehead atoms. The average molecular weight is 393 g/mol. The van der Waals surface area contributed by atoms with Crippen LogP contribution in [0.1, 0.15) is 18.1 Å². The fourth-order valence-electron chi connectivity index (χ4n) is 2.29. The van der Waals surface area contributed by atoms with Gasteiger partial charge in [-0.15, -0.1) is 5.10 Å². The van der Waals surface area contributed by atoms with Crippen molar-refractivity contribution >= 4 is 23.4 Å². The lowest BCUT2D eigenvalue weighted by Gasteiger charge is -2.08. The molecule has 140 valence electrons. The van der Waals surface area contributed by atoms with Crippen molar-refractivity contribution in [3.8, 4) is 5.69 Å². The van der Waals surface area contributed by atoms with Crippen molar-refractivity contribution in [2.75, 3.05) is 5.32 Å². The molecule has 1 N–H and O–H groups in total. The third kappa shape index (κ3) is 4.85. The number of tetrazole rings is 1. The molecule has 1 aromatic heterocycles. The quantitative estimate of drug-likeness (QED) is 0.665. The Kier molecular flexibility index (Phi) is 5.45. The van der Waals surface area contributed by atoms with Crippen LogP contribution in [0.5, 0.6) is 0 Å². The van der Waals surface area contributed by atoms with Crippen LogP contribution >= 0.6 is 11.8 Å². The summed E-state index contributed by atoms with van der Waals surface area (Å²) in [6.45, 7) is 1.41. The van der Waals surface area contributed by atoms with Gasteiger partial charge in [-0.25, -0.2) is 0 Å². The summed E-state index contributed by atoms with van der Waals surface area (Å²) in [4.78, 5) is 11.2. The molecule has 6 nitrogen and oxygen atoms in total. The fraction of sp³-hybridized carbons (Fsp3) is 0.176. The van der Waals surface area contributed by atoms with Gasteiger partial charge >= 0.3 is 6.18 Å². The van der Waals surface area contributed by atoms with Gasteiger partial charge in [0.05, 0.1) is 11.3 Å². The summed E-state index contributed by atoms with van der Waals surface area (Å²) in [6, 6.07) is 12.0. The number of aromatic nitrogens is 4. The van der Waals surface area contributed by atoms with E-state index in [9.17, 15) is 18.0 Å². The summed E-state index contributed by atoms with van der Waals surface area (Å²) in [5.41, 5.74) is 1.29. The monoisotopic (exact) mass is 393 g/mol. The van der Waals surface area contributed by atoms with Crippen LogP contribution in [0.2, 0.25) is 0 Å².